The average molecular weight is 511 g/mol. The molecule has 2 fully saturated rings. The molecule has 1 unspecified atom stereocenters. The Hall–Kier alpha value is -2.31. The molecule has 9 nitrogen and oxygen atoms in total. The van der Waals surface area contributed by atoms with Crippen LogP contribution in [0.2, 0.25) is 0 Å². The van der Waals surface area contributed by atoms with E-state index < -0.39 is 21.9 Å². The number of nitrogens with one attached hydrogen (secondary N) is 1. The van der Waals surface area contributed by atoms with Crippen LogP contribution in [0.1, 0.15) is 44.9 Å². The van der Waals surface area contributed by atoms with Gasteiger partial charge >= 0.3 is 0 Å². The monoisotopic (exact) mass is 510 g/mol. The number of hydrogen-bond acceptors (Lipinski definition) is 8. The molecule has 2 aliphatic rings. The van der Waals surface area contributed by atoms with Gasteiger partial charge in [0.1, 0.15) is 17.7 Å². The number of hydrogen-bond donors (Lipinski definition) is 1. The highest BCUT2D eigenvalue weighted by molar-refractivity contribution is 7.89. The van der Waals surface area contributed by atoms with Crippen molar-refractivity contribution in [3.8, 4) is 0 Å². The summed E-state index contributed by atoms with van der Waals surface area (Å²) in [4.78, 5) is 21.7. The van der Waals surface area contributed by atoms with Gasteiger partial charge in [-0.15, -0.1) is 0 Å². The van der Waals surface area contributed by atoms with E-state index in [9.17, 15) is 17.6 Å². The molecule has 1 amide bonds. The van der Waals surface area contributed by atoms with E-state index >= 15 is 0 Å². The number of nitrogens with zero attached hydrogens (tertiary/aromatic N) is 5. The van der Waals surface area contributed by atoms with Crippen molar-refractivity contribution >= 4 is 38.3 Å². The fraction of sp³-hybridized carbons (Fsp3) is 0.591. The molecule has 12 heteroatoms. The average Bonchev–Trinajstić information content (AvgIpc) is 3.43. The molecule has 1 aromatic heterocycles. The normalized spacial score (nSPS) is 20.1. The number of piperidine rings is 1. The Kier molecular flexibility index (Phi) is 7.11. The summed E-state index contributed by atoms with van der Waals surface area (Å²) in [6.45, 7) is 6.40. The smallest absolute Gasteiger partial charge is 0.245 e. The first-order valence-electron chi connectivity index (χ1n) is 11.5. The van der Waals surface area contributed by atoms with E-state index in [1.54, 1.807) is 0 Å². The van der Waals surface area contributed by atoms with Gasteiger partial charge in [-0.05, 0) is 37.5 Å². The summed E-state index contributed by atoms with van der Waals surface area (Å²) < 4.78 is 44.6. The number of likely N-dealkylation sites (tertiary alicyclic amines) is 1. The zero-order valence-corrected chi connectivity index (χ0v) is 21.5. The lowest BCUT2D eigenvalue weighted by atomic mass is 10.0. The molecule has 0 spiro atoms. The van der Waals surface area contributed by atoms with E-state index in [1.807, 2.05) is 4.90 Å². The number of carbonyl (C=O) groups is 1. The van der Waals surface area contributed by atoms with Gasteiger partial charge in [0.05, 0.1) is 10.6 Å². The van der Waals surface area contributed by atoms with Gasteiger partial charge in [-0.2, -0.15) is 4.37 Å². The highest BCUT2D eigenvalue weighted by atomic mass is 32.2. The molecular formula is C22H31FN6O3S2. The lowest BCUT2D eigenvalue weighted by molar-refractivity contribution is -0.130. The zero-order chi connectivity index (χ0) is 24.6. The molecule has 2 aromatic rings. The Morgan fingerprint density at radius 1 is 1.18 bits per heavy atom. The SMILES string of the molecule is CC(C)c1nsc(N2CCC(N3CCC(Nc4ccc(S(=O)(=O)N(C)C)cc4F)C3=O)CC2)n1. The lowest BCUT2D eigenvalue weighted by Crippen LogP contribution is -2.47. The summed E-state index contributed by atoms with van der Waals surface area (Å²) in [5, 5.41) is 3.92. The largest absolute Gasteiger partial charge is 0.371 e. The number of aromatic nitrogens is 2. The van der Waals surface area contributed by atoms with E-state index in [1.165, 1.54) is 37.8 Å². The molecule has 1 atom stereocenters. The summed E-state index contributed by atoms with van der Waals surface area (Å²) in [5.41, 5.74) is 0.130. The van der Waals surface area contributed by atoms with Gasteiger partial charge in [0.25, 0.3) is 0 Å². The second-order valence-corrected chi connectivity index (χ2v) is 12.1. The topological polar surface area (TPSA) is 98.7 Å². The van der Waals surface area contributed by atoms with Gasteiger partial charge in [0.2, 0.25) is 21.1 Å². The summed E-state index contributed by atoms with van der Waals surface area (Å²) in [5.74, 6) is 0.430. The van der Waals surface area contributed by atoms with Gasteiger partial charge in [0.15, 0.2) is 0 Å². The second kappa shape index (κ2) is 9.74. The van der Waals surface area contributed by atoms with Crippen molar-refractivity contribution in [1.29, 1.82) is 0 Å². The first kappa shape index (κ1) is 24.8. The third-order valence-electron chi connectivity index (χ3n) is 6.41. The maximum absolute atomic E-state index is 14.6. The molecule has 34 heavy (non-hydrogen) atoms. The van der Waals surface area contributed by atoms with Crippen LogP contribution in [0.4, 0.5) is 15.2 Å². The minimum absolute atomic E-state index is 0.0409. The van der Waals surface area contributed by atoms with E-state index in [0.717, 1.165) is 47.3 Å². The molecular weight excluding hydrogens is 479 g/mol. The Balaban J connectivity index is 1.35. The lowest BCUT2D eigenvalue weighted by Gasteiger charge is -2.36. The predicted molar refractivity (Wildman–Crippen MR) is 130 cm³/mol. The Labute approximate surface area is 204 Å². The molecule has 186 valence electrons. The fourth-order valence-corrected chi connectivity index (χ4v) is 6.10. The fourth-order valence-electron chi connectivity index (χ4n) is 4.33. The van der Waals surface area contributed by atoms with Crippen molar-refractivity contribution < 1.29 is 17.6 Å². The minimum atomic E-state index is -3.73. The van der Waals surface area contributed by atoms with Crippen LogP contribution in [0.3, 0.4) is 0 Å². The van der Waals surface area contributed by atoms with Crippen LogP contribution in [0.5, 0.6) is 0 Å². The molecule has 0 saturated carbocycles. The highest BCUT2D eigenvalue weighted by Gasteiger charge is 2.38. The van der Waals surface area contributed by atoms with Gasteiger partial charge in [0, 0.05) is 57.2 Å². The van der Waals surface area contributed by atoms with Crippen LogP contribution in [-0.2, 0) is 14.8 Å². The first-order chi connectivity index (χ1) is 16.1. The predicted octanol–water partition coefficient (Wildman–Crippen LogP) is 2.73. The number of rotatable bonds is 7. The van der Waals surface area contributed by atoms with Crippen molar-refractivity contribution in [3.63, 3.8) is 0 Å². The third kappa shape index (κ3) is 4.89. The Morgan fingerprint density at radius 2 is 1.88 bits per heavy atom. The van der Waals surface area contributed by atoms with Gasteiger partial charge in [-0.3, -0.25) is 4.79 Å². The van der Waals surface area contributed by atoms with Gasteiger partial charge < -0.3 is 15.1 Å². The van der Waals surface area contributed by atoms with E-state index in [4.69, 9.17) is 0 Å². The molecule has 0 bridgehead atoms. The molecule has 2 saturated heterocycles. The summed E-state index contributed by atoms with van der Waals surface area (Å²) in [6.07, 6.45) is 2.27. The third-order valence-corrected chi connectivity index (χ3v) is 9.01. The molecule has 1 N–H and O–H groups in total. The van der Waals surface area contributed by atoms with Crippen LogP contribution in [-0.4, -0.2) is 78.7 Å². The first-order valence-corrected chi connectivity index (χ1v) is 13.7. The molecule has 2 aliphatic heterocycles. The number of anilines is 2. The number of amides is 1. The minimum Gasteiger partial charge on any atom is -0.371 e. The van der Waals surface area contributed by atoms with E-state index in [-0.39, 0.29) is 22.5 Å². The second-order valence-electron chi connectivity index (χ2n) is 9.25. The van der Waals surface area contributed by atoms with Crippen LogP contribution in [0, 0.1) is 5.82 Å². The number of sulfonamides is 1. The molecule has 4 rings (SSSR count). The molecule has 1 aromatic carbocycles. The van der Waals surface area contributed by atoms with Gasteiger partial charge in [-0.25, -0.2) is 22.1 Å². The van der Waals surface area contributed by atoms with Crippen LogP contribution in [0.15, 0.2) is 23.1 Å². The van der Waals surface area contributed by atoms with E-state index in [0.29, 0.717) is 18.9 Å². The van der Waals surface area contributed by atoms with Crippen molar-refractivity contribution in [2.75, 3.05) is 43.9 Å². The summed E-state index contributed by atoms with van der Waals surface area (Å²) in [6, 6.07) is 3.34. The Morgan fingerprint density at radius 3 is 2.47 bits per heavy atom. The molecule has 0 aliphatic carbocycles. The van der Waals surface area contributed by atoms with Crippen LogP contribution >= 0.6 is 11.5 Å². The quantitative estimate of drug-likeness (QED) is 0.612. The summed E-state index contributed by atoms with van der Waals surface area (Å²) >= 11 is 1.42. The van der Waals surface area contributed by atoms with Gasteiger partial charge in [-0.1, -0.05) is 13.8 Å². The standard InChI is InChI=1S/C22H31FN6O3S2/c1-14(2)20-25-22(33-26-20)28-10-7-15(8-11-28)29-12-9-19(21(29)30)24-18-6-5-16(13-17(18)23)34(31,32)27(3)4/h5-6,13-15,19,24H,7-12H2,1-4H3. The summed E-state index contributed by atoms with van der Waals surface area (Å²) in [7, 11) is -0.936. The number of halogens is 1. The van der Waals surface area contributed by atoms with Crippen LogP contribution < -0.4 is 10.2 Å². The van der Waals surface area contributed by atoms with Crippen LogP contribution in [0.25, 0.3) is 0 Å². The van der Waals surface area contributed by atoms with Crippen molar-refractivity contribution in [2.45, 2.75) is 56.0 Å². The molecule has 3 heterocycles. The van der Waals surface area contributed by atoms with Crippen molar-refractivity contribution in [2.24, 2.45) is 0 Å². The maximum Gasteiger partial charge on any atom is 0.245 e. The molecule has 0 radical (unpaired) electrons. The highest BCUT2D eigenvalue weighted by Crippen LogP contribution is 2.29. The maximum atomic E-state index is 14.6. The van der Waals surface area contributed by atoms with Crippen molar-refractivity contribution in [1.82, 2.24) is 18.6 Å². The Bertz CT molecular complexity index is 1150. The zero-order valence-electron chi connectivity index (χ0n) is 19.9. The number of carbonyl (C=O) groups excluding carboxylic acids is 1. The van der Waals surface area contributed by atoms with Crippen molar-refractivity contribution in [3.05, 3.63) is 29.8 Å². The van der Waals surface area contributed by atoms with E-state index in [2.05, 4.69) is 33.4 Å². The number of benzene rings is 1.